The van der Waals surface area contributed by atoms with Crippen LogP contribution in [-0.2, 0) is 5.54 Å². The first-order valence-corrected chi connectivity index (χ1v) is 6.02. The van der Waals surface area contributed by atoms with E-state index in [9.17, 15) is 0 Å². The van der Waals surface area contributed by atoms with Gasteiger partial charge in [-0.1, -0.05) is 0 Å². The lowest BCUT2D eigenvalue weighted by atomic mass is 10.1. The summed E-state index contributed by atoms with van der Waals surface area (Å²) in [5, 5.41) is 4.36. The standard InChI is InChI=1S/C12H16N2OS/c1-12(2,13-3)11-14-9-6-5-8(15-4)7-10(9)16-11/h5-7,13H,1-4H3. The molecule has 0 saturated heterocycles. The Bertz CT molecular complexity index is 505. The van der Waals surface area contributed by atoms with Gasteiger partial charge in [0.1, 0.15) is 10.8 Å². The molecule has 0 aliphatic carbocycles. The Labute approximate surface area is 99.5 Å². The van der Waals surface area contributed by atoms with Crippen molar-refractivity contribution in [2.75, 3.05) is 14.2 Å². The van der Waals surface area contributed by atoms with Gasteiger partial charge in [0.25, 0.3) is 0 Å². The number of nitrogens with one attached hydrogen (secondary N) is 1. The van der Waals surface area contributed by atoms with E-state index in [1.807, 2.05) is 25.2 Å². The van der Waals surface area contributed by atoms with Gasteiger partial charge in [0.2, 0.25) is 0 Å². The number of benzene rings is 1. The fraction of sp³-hybridized carbons (Fsp3) is 0.417. The Morgan fingerprint density at radius 3 is 2.75 bits per heavy atom. The highest BCUT2D eigenvalue weighted by molar-refractivity contribution is 7.18. The molecule has 0 saturated carbocycles. The Hall–Kier alpha value is -1.13. The number of hydrogen-bond acceptors (Lipinski definition) is 4. The van der Waals surface area contributed by atoms with Gasteiger partial charge in [0.15, 0.2) is 0 Å². The fourth-order valence-corrected chi connectivity index (χ4v) is 2.51. The van der Waals surface area contributed by atoms with Crippen LogP contribution in [0.2, 0.25) is 0 Å². The Morgan fingerprint density at radius 1 is 1.38 bits per heavy atom. The lowest BCUT2D eigenvalue weighted by molar-refractivity contribution is 0.415. The third-order valence-corrected chi connectivity index (χ3v) is 4.10. The van der Waals surface area contributed by atoms with Crippen LogP contribution in [0, 0.1) is 0 Å². The number of hydrogen-bond donors (Lipinski definition) is 1. The van der Waals surface area contributed by atoms with Gasteiger partial charge in [-0.25, -0.2) is 4.98 Å². The van der Waals surface area contributed by atoms with Gasteiger partial charge >= 0.3 is 0 Å². The molecule has 0 unspecified atom stereocenters. The molecule has 16 heavy (non-hydrogen) atoms. The van der Waals surface area contributed by atoms with Crippen LogP contribution < -0.4 is 10.1 Å². The van der Waals surface area contributed by atoms with Crippen molar-refractivity contribution in [3.8, 4) is 5.75 Å². The number of methoxy groups -OCH3 is 1. The van der Waals surface area contributed by atoms with Gasteiger partial charge in [0, 0.05) is 0 Å². The fourth-order valence-electron chi connectivity index (χ4n) is 1.41. The van der Waals surface area contributed by atoms with E-state index in [0.717, 1.165) is 21.0 Å². The van der Waals surface area contributed by atoms with Crippen LogP contribution in [0.5, 0.6) is 5.75 Å². The highest BCUT2D eigenvalue weighted by Crippen LogP contribution is 2.31. The second-order valence-electron chi connectivity index (χ2n) is 4.23. The summed E-state index contributed by atoms with van der Waals surface area (Å²) in [6.07, 6.45) is 0. The highest BCUT2D eigenvalue weighted by atomic mass is 32.1. The maximum atomic E-state index is 5.21. The first-order valence-electron chi connectivity index (χ1n) is 5.21. The number of nitrogens with zero attached hydrogens (tertiary/aromatic N) is 1. The van der Waals surface area contributed by atoms with Crippen molar-refractivity contribution in [1.29, 1.82) is 0 Å². The molecule has 1 aromatic carbocycles. The van der Waals surface area contributed by atoms with Crippen molar-refractivity contribution < 1.29 is 4.74 Å². The third-order valence-electron chi connectivity index (χ3n) is 2.76. The Morgan fingerprint density at radius 2 is 2.12 bits per heavy atom. The molecule has 1 aromatic heterocycles. The monoisotopic (exact) mass is 236 g/mol. The molecule has 0 amide bonds. The largest absolute Gasteiger partial charge is 0.497 e. The van der Waals surface area contributed by atoms with E-state index < -0.39 is 0 Å². The molecule has 1 N–H and O–H groups in total. The molecule has 2 rings (SSSR count). The van der Waals surface area contributed by atoms with E-state index in [2.05, 4.69) is 24.1 Å². The third kappa shape index (κ3) is 1.90. The van der Waals surface area contributed by atoms with Crippen LogP contribution in [0.15, 0.2) is 18.2 Å². The zero-order chi connectivity index (χ0) is 11.8. The van der Waals surface area contributed by atoms with E-state index >= 15 is 0 Å². The normalized spacial score (nSPS) is 12.0. The lowest BCUT2D eigenvalue weighted by Gasteiger charge is -2.20. The predicted molar refractivity (Wildman–Crippen MR) is 68.3 cm³/mol. The molecule has 1 heterocycles. The number of fused-ring (bicyclic) bond motifs is 1. The summed E-state index contributed by atoms with van der Waals surface area (Å²) in [7, 11) is 3.63. The average Bonchev–Trinajstić information content (AvgIpc) is 2.72. The topological polar surface area (TPSA) is 34.2 Å². The van der Waals surface area contributed by atoms with Gasteiger partial charge in [-0.05, 0) is 39.1 Å². The highest BCUT2D eigenvalue weighted by Gasteiger charge is 2.22. The molecule has 0 aliphatic rings. The second kappa shape index (κ2) is 4.03. The van der Waals surface area contributed by atoms with Crippen molar-refractivity contribution in [2.45, 2.75) is 19.4 Å². The minimum Gasteiger partial charge on any atom is -0.497 e. The number of aromatic nitrogens is 1. The maximum absolute atomic E-state index is 5.21. The first-order chi connectivity index (χ1) is 7.56. The van der Waals surface area contributed by atoms with Crippen molar-refractivity contribution >= 4 is 21.6 Å². The van der Waals surface area contributed by atoms with E-state index in [-0.39, 0.29) is 5.54 Å². The molecule has 0 aliphatic heterocycles. The van der Waals surface area contributed by atoms with E-state index in [1.165, 1.54) is 0 Å². The van der Waals surface area contributed by atoms with Crippen molar-refractivity contribution in [1.82, 2.24) is 10.3 Å². The van der Waals surface area contributed by atoms with E-state index in [0.29, 0.717) is 0 Å². The van der Waals surface area contributed by atoms with E-state index in [4.69, 9.17) is 4.74 Å². The van der Waals surface area contributed by atoms with Crippen LogP contribution in [0.4, 0.5) is 0 Å². The number of rotatable bonds is 3. The zero-order valence-electron chi connectivity index (χ0n) is 10.00. The van der Waals surface area contributed by atoms with Crippen molar-refractivity contribution in [3.05, 3.63) is 23.2 Å². The smallest absolute Gasteiger partial charge is 0.120 e. The molecule has 0 fully saturated rings. The van der Waals surface area contributed by atoms with Crippen LogP contribution in [-0.4, -0.2) is 19.1 Å². The van der Waals surface area contributed by atoms with Gasteiger partial charge in [-0.2, -0.15) is 0 Å². The summed E-state index contributed by atoms with van der Waals surface area (Å²) in [6, 6.07) is 5.97. The quantitative estimate of drug-likeness (QED) is 0.889. The van der Waals surface area contributed by atoms with Crippen molar-refractivity contribution in [3.63, 3.8) is 0 Å². The van der Waals surface area contributed by atoms with Gasteiger partial charge in [0.05, 0.1) is 22.9 Å². The summed E-state index contributed by atoms with van der Waals surface area (Å²) in [4.78, 5) is 4.63. The zero-order valence-corrected chi connectivity index (χ0v) is 10.8. The Balaban J connectivity index is 2.52. The van der Waals surface area contributed by atoms with Gasteiger partial charge in [-0.15, -0.1) is 11.3 Å². The number of thiazole rings is 1. The molecule has 0 spiro atoms. The number of ether oxygens (including phenoxy) is 1. The predicted octanol–water partition coefficient (Wildman–Crippen LogP) is 2.76. The SMILES string of the molecule is CNC(C)(C)c1nc2ccc(OC)cc2s1. The van der Waals surface area contributed by atoms with Crippen LogP contribution in [0.25, 0.3) is 10.2 Å². The lowest BCUT2D eigenvalue weighted by Crippen LogP contribution is -2.32. The molecule has 3 nitrogen and oxygen atoms in total. The average molecular weight is 236 g/mol. The van der Waals surface area contributed by atoms with E-state index in [1.54, 1.807) is 18.4 Å². The summed E-state index contributed by atoms with van der Waals surface area (Å²) >= 11 is 1.70. The minimum atomic E-state index is -0.0864. The molecule has 2 aromatic rings. The molecular formula is C12H16N2OS. The van der Waals surface area contributed by atoms with Crippen molar-refractivity contribution in [2.24, 2.45) is 0 Å². The summed E-state index contributed by atoms with van der Waals surface area (Å²) in [6.45, 7) is 4.25. The van der Waals surface area contributed by atoms with Crippen LogP contribution in [0.3, 0.4) is 0 Å². The van der Waals surface area contributed by atoms with Crippen LogP contribution in [0.1, 0.15) is 18.9 Å². The summed E-state index contributed by atoms with van der Waals surface area (Å²) < 4.78 is 6.37. The van der Waals surface area contributed by atoms with Crippen LogP contribution >= 0.6 is 11.3 Å². The Kier molecular flexibility index (Phi) is 2.86. The van der Waals surface area contributed by atoms with Gasteiger partial charge in [-0.3, -0.25) is 0 Å². The molecule has 86 valence electrons. The first kappa shape index (κ1) is 11.4. The summed E-state index contributed by atoms with van der Waals surface area (Å²) in [5.41, 5.74) is 0.945. The molecule has 0 atom stereocenters. The molecule has 4 heteroatoms. The molecular weight excluding hydrogens is 220 g/mol. The van der Waals surface area contributed by atoms with Gasteiger partial charge < -0.3 is 10.1 Å². The second-order valence-corrected chi connectivity index (χ2v) is 5.26. The molecule has 0 bridgehead atoms. The summed E-state index contributed by atoms with van der Waals surface area (Å²) in [5.74, 6) is 0.880. The maximum Gasteiger partial charge on any atom is 0.120 e. The minimum absolute atomic E-state index is 0.0864. The molecule has 0 radical (unpaired) electrons.